The molecule has 0 bridgehead atoms. The largest absolute Gasteiger partial charge is 0.416 e. The maximum atomic E-state index is 13.0. The van der Waals surface area contributed by atoms with E-state index in [0.717, 1.165) is 6.07 Å². The number of carbonyl (C=O) groups excluding carboxylic acids is 2. The molecular formula is C17H22F3N3O2. The smallest absolute Gasteiger partial charge is 0.352 e. The van der Waals surface area contributed by atoms with Gasteiger partial charge in [-0.3, -0.25) is 9.59 Å². The van der Waals surface area contributed by atoms with Crippen molar-refractivity contribution >= 4 is 11.8 Å². The average molecular weight is 357 g/mol. The van der Waals surface area contributed by atoms with Crippen molar-refractivity contribution in [2.45, 2.75) is 19.1 Å². The zero-order chi connectivity index (χ0) is 18.6. The van der Waals surface area contributed by atoms with Crippen molar-refractivity contribution in [2.75, 3.05) is 33.7 Å². The van der Waals surface area contributed by atoms with Gasteiger partial charge in [0.1, 0.15) is 0 Å². The lowest BCUT2D eigenvalue weighted by Crippen LogP contribution is -2.35. The van der Waals surface area contributed by atoms with Gasteiger partial charge in [-0.2, -0.15) is 13.2 Å². The number of carbonyl (C=O) groups is 2. The number of rotatable bonds is 6. The van der Waals surface area contributed by atoms with Gasteiger partial charge in [0.15, 0.2) is 0 Å². The Morgan fingerprint density at radius 3 is 2.64 bits per heavy atom. The van der Waals surface area contributed by atoms with Crippen molar-refractivity contribution in [3.05, 3.63) is 35.4 Å². The van der Waals surface area contributed by atoms with Gasteiger partial charge in [-0.15, -0.1) is 0 Å². The predicted octanol–water partition coefficient (Wildman–Crippen LogP) is 1.73. The van der Waals surface area contributed by atoms with Gasteiger partial charge in [-0.05, 0) is 25.7 Å². The first-order chi connectivity index (χ1) is 11.7. The van der Waals surface area contributed by atoms with Gasteiger partial charge in [0.2, 0.25) is 11.8 Å². The number of benzene rings is 1. The zero-order valence-corrected chi connectivity index (χ0v) is 14.3. The fourth-order valence-corrected chi connectivity index (χ4v) is 2.76. The molecule has 0 spiro atoms. The second-order valence-electron chi connectivity index (χ2n) is 6.42. The number of likely N-dealkylation sites (N-methyl/N-ethyl adjacent to an activating group) is 1. The first-order valence-electron chi connectivity index (χ1n) is 8.04. The van der Waals surface area contributed by atoms with Crippen LogP contribution in [0.4, 0.5) is 13.2 Å². The highest BCUT2D eigenvalue weighted by atomic mass is 19.4. The van der Waals surface area contributed by atoms with Crippen molar-refractivity contribution in [2.24, 2.45) is 5.92 Å². The summed E-state index contributed by atoms with van der Waals surface area (Å²) in [6.45, 7) is 1.32. The molecule has 1 aliphatic rings. The van der Waals surface area contributed by atoms with Crippen molar-refractivity contribution in [3.63, 3.8) is 0 Å². The summed E-state index contributed by atoms with van der Waals surface area (Å²) in [6, 6.07) is 5.14. The minimum Gasteiger partial charge on any atom is -0.352 e. The predicted molar refractivity (Wildman–Crippen MR) is 86.5 cm³/mol. The first kappa shape index (κ1) is 19.2. The molecule has 1 aliphatic heterocycles. The lowest BCUT2D eigenvalue weighted by atomic mass is 10.1. The minimum absolute atomic E-state index is 0.0112. The van der Waals surface area contributed by atoms with E-state index in [0.29, 0.717) is 19.6 Å². The third-order valence-electron chi connectivity index (χ3n) is 4.18. The average Bonchev–Trinajstić information content (AvgIpc) is 2.91. The van der Waals surface area contributed by atoms with Gasteiger partial charge in [0.25, 0.3) is 0 Å². The quantitative estimate of drug-likeness (QED) is 0.844. The molecule has 0 aromatic heterocycles. The molecule has 1 atom stereocenters. The lowest BCUT2D eigenvalue weighted by molar-refractivity contribution is -0.138. The highest BCUT2D eigenvalue weighted by Gasteiger charge is 2.35. The molecule has 2 rings (SSSR count). The van der Waals surface area contributed by atoms with Gasteiger partial charge in [0, 0.05) is 32.6 Å². The molecular weight excluding hydrogens is 335 g/mol. The SMILES string of the molecule is CN(C)CCN1CC(C(=O)NCc2ccccc2C(F)(F)F)CC1=O. The molecule has 1 aromatic carbocycles. The molecule has 1 N–H and O–H groups in total. The van der Waals surface area contributed by atoms with Crippen molar-refractivity contribution < 1.29 is 22.8 Å². The van der Waals surface area contributed by atoms with Gasteiger partial charge < -0.3 is 15.1 Å². The zero-order valence-electron chi connectivity index (χ0n) is 14.3. The Kier molecular flexibility index (Phi) is 6.05. The molecule has 2 amide bonds. The topological polar surface area (TPSA) is 52.6 Å². The number of alkyl halides is 3. The summed E-state index contributed by atoms with van der Waals surface area (Å²) in [5.74, 6) is -1.01. The fourth-order valence-electron chi connectivity index (χ4n) is 2.76. The number of hydrogen-bond acceptors (Lipinski definition) is 3. The number of halogens is 3. The molecule has 1 saturated heterocycles. The minimum atomic E-state index is -4.46. The molecule has 138 valence electrons. The molecule has 25 heavy (non-hydrogen) atoms. The number of hydrogen-bond donors (Lipinski definition) is 1. The maximum Gasteiger partial charge on any atom is 0.416 e. The summed E-state index contributed by atoms with van der Waals surface area (Å²) in [5.41, 5.74) is -0.748. The van der Waals surface area contributed by atoms with Crippen LogP contribution in [-0.2, 0) is 22.3 Å². The fraction of sp³-hybridized carbons (Fsp3) is 0.529. The van der Waals surface area contributed by atoms with Crippen molar-refractivity contribution in [3.8, 4) is 0 Å². The standard InChI is InChI=1S/C17H22F3N3O2/c1-22(2)7-8-23-11-13(9-15(23)24)16(25)21-10-12-5-3-4-6-14(12)17(18,19)20/h3-6,13H,7-11H2,1-2H3,(H,21,25). The summed E-state index contributed by atoms with van der Waals surface area (Å²) >= 11 is 0. The molecule has 1 heterocycles. The van der Waals surface area contributed by atoms with Crippen LogP contribution in [0.15, 0.2) is 24.3 Å². The highest BCUT2D eigenvalue weighted by Crippen LogP contribution is 2.31. The van der Waals surface area contributed by atoms with Crippen molar-refractivity contribution in [1.82, 2.24) is 15.1 Å². The van der Waals surface area contributed by atoms with Gasteiger partial charge >= 0.3 is 6.18 Å². The number of nitrogens with one attached hydrogen (secondary N) is 1. The van der Waals surface area contributed by atoms with Crippen LogP contribution in [0.1, 0.15) is 17.5 Å². The molecule has 0 radical (unpaired) electrons. The summed E-state index contributed by atoms with van der Waals surface area (Å²) in [6.07, 6.45) is -4.37. The Hall–Kier alpha value is -2.09. The first-order valence-corrected chi connectivity index (χ1v) is 8.04. The van der Waals surface area contributed by atoms with Crippen LogP contribution in [0, 0.1) is 5.92 Å². The van der Waals surface area contributed by atoms with Crippen LogP contribution in [0.5, 0.6) is 0 Å². The molecule has 8 heteroatoms. The Morgan fingerprint density at radius 1 is 1.32 bits per heavy atom. The summed E-state index contributed by atoms with van der Waals surface area (Å²) < 4.78 is 38.9. The number of likely N-dealkylation sites (tertiary alicyclic amines) is 1. The van der Waals surface area contributed by atoms with Crippen LogP contribution in [0.2, 0.25) is 0 Å². The van der Waals surface area contributed by atoms with Crippen LogP contribution in [-0.4, -0.2) is 55.3 Å². The summed E-state index contributed by atoms with van der Waals surface area (Å²) in [7, 11) is 3.78. The Bertz CT molecular complexity index is 632. The summed E-state index contributed by atoms with van der Waals surface area (Å²) in [5, 5.41) is 2.53. The van der Waals surface area contributed by atoms with Crippen LogP contribution < -0.4 is 5.32 Å². The van der Waals surface area contributed by atoms with E-state index in [-0.39, 0.29) is 24.4 Å². The van der Waals surface area contributed by atoms with E-state index in [1.54, 1.807) is 4.90 Å². The summed E-state index contributed by atoms with van der Waals surface area (Å²) in [4.78, 5) is 27.7. The van der Waals surface area contributed by atoms with E-state index >= 15 is 0 Å². The Labute approximate surface area is 144 Å². The van der Waals surface area contributed by atoms with Crippen molar-refractivity contribution in [1.29, 1.82) is 0 Å². The second kappa shape index (κ2) is 7.86. The van der Waals surface area contributed by atoms with E-state index < -0.39 is 23.6 Å². The lowest BCUT2D eigenvalue weighted by Gasteiger charge is -2.19. The molecule has 0 aliphatic carbocycles. The van der Waals surface area contributed by atoms with Gasteiger partial charge in [0.05, 0.1) is 11.5 Å². The Morgan fingerprint density at radius 2 is 2.00 bits per heavy atom. The van der Waals surface area contributed by atoms with E-state index in [1.807, 2.05) is 19.0 Å². The van der Waals surface area contributed by atoms with E-state index in [2.05, 4.69) is 5.32 Å². The van der Waals surface area contributed by atoms with E-state index in [9.17, 15) is 22.8 Å². The second-order valence-corrected chi connectivity index (χ2v) is 6.42. The molecule has 1 aromatic rings. The van der Waals surface area contributed by atoms with Gasteiger partial charge in [-0.1, -0.05) is 18.2 Å². The Balaban J connectivity index is 1.93. The van der Waals surface area contributed by atoms with Crippen LogP contribution in [0.3, 0.4) is 0 Å². The maximum absolute atomic E-state index is 13.0. The number of nitrogens with zero attached hydrogens (tertiary/aromatic N) is 2. The third kappa shape index (κ3) is 5.19. The monoisotopic (exact) mass is 357 g/mol. The van der Waals surface area contributed by atoms with Gasteiger partial charge in [-0.25, -0.2) is 0 Å². The highest BCUT2D eigenvalue weighted by molar-refractivity contribution is 5.89. The molecule has 5 nitrogen and oxygen atoms in total. The van der Waals surface area contributed by atoms with E-state index in [1.165, 1.54) is 18.2 Å². The van der Waals surface area contributed by atoms with E-state index in [4.69, 9.17) is 0 Å². The normalized spacial score (nSPS) is 18.1. The van der Waals surface area contributed by atoms with Crippen LogP contribution in [0.25, 0.3) is 0 Å². The molecule has 0 saturated carbocycles. The van der Waals surface area contributed by atoms with Crippen LogP contribution >= 0.6 is 0 Å². The third-order valence-corrected chi connectivity index (χ3v) is 4.18. The molecule has 1 unspecified atom stereocenters. The molecule has 1 fully saturated rings. The number of amides is 2.